The summed E-state index contributed by atoms with van der Waals surface area (Å²) in [5.41, 5.74) is 2.26. The fraction of sp³-hybridized carbons (Fsp3) is 0.385. The second kappa shape index (κ2) is 10.2. The van der Waals surface area contributed by atoms with Gasteiger partial charge in [0.1, 0.15) is 5.75 Å². The molecular weight excluding hydrogens is 428 g/mol. The SMILES string of the molecule is COc1cccc(-n2ccnc2N2CCN(CC(=O)N3CCN(c4ccccc4)CC3)CC2)c1. The molecule has 8 heteroatoms. The monoisotopic (exact) mass is 460 g/mol. The maximum Gasteiger partial charge on any atom is 0.236 e. The van der Waals surface area contributed by atoms with Gasteiger partial charge in [0.2, 0.25) is 11.9 Å². The average Bonchev–Trinajstić information content (AvgIpc) is 3.40. The standard InChI is InChI=1S/C26H32N6O2/c1-34-24-9-5-8-23(20-24)32-11-10-27-26(32)31-14-12-28(13-15-31)21-25(33)30-18-16-29(17-19-30)22-6-3-2-4-7-22/h2-11,20H,12-19,21H2,1H3. The zero-order valence-corrected chi connectivity index (χ0v) is 19.7. The number of carbonyl (C=O) groups is 1. The van der Waals surface area contributed by atoms with Crippen molar-refractivity contribution in [2.45, 2.75) is 0 Å². The summed E-state index contributed by atoms with van der Waals surface area (Å²) >= 11 is 0. The molecule has 178 valence electrons. The van der Waals surface area contributed by atoms with Crippen LogP contribution in [0.4, 0.5) is 11.6 Å². The molecule has 0 unspecified atom stereocenters. The second-order valence-corrected chi connectivity index (χ2v) is 8.77. The van der Waals surface area contributed by atoms with Crippen molar-refractivity contribution in [3.05, 3.63) is 67.0 Å². The van der Waals surface area contributed by atoms with E-state index in [1.807, 2.05) is 41.6 Å². The molecule has 2 aliphatic heterocycles. The molecule has 0 N–H and O–H groups in total. The lowest BCUT2D eigenvalue weighted by atomic mass is 10.2. The Hall–Kier alpha value is -3.52. The van der Waals surface area contributed by atoms with Crippen LogP contribution in [0.5, 0.6) is 5.75 Å². The van der Waals surface area contributed by atoms with Crippen molar-refractivity contribution in [3.63, 3.8) is 0 Å². The Kier molecular flexibility index (Phi) is 6.67. The molecule has 1 aromatic heterocycles. The number of methoxy groups -OCH3 is 1. The number of hydrogen-bond acceptors (Lipinski definition) is 6. The molecule has 8 nitrogen and oxygen atoms in total. The van der Waals surface area contributed by atoms with Crippen LogP contribution < -0.4 is 14.5 Å². The van der Waals surface area contributed by atoms with Gasteiger partial charge in [0, 0.05) is 76.5 Å². The fourth-order valence-corrected chi connectivity index (χ4v) is 4.74. The highest BCUT2D eigenvalue weighted by Gasteiger charge is 2.26. The van der Waals surface area contributed by atoms with Crippen molar-refractivity contribution in [1.82, 2.24) is 19.4 Å². The van der Waals surface area contributed by atoms with Gasteiger partial charge < -0.3 is 19.4 Å². The van der Waals surface area contributed by atoms with Crippen LogP contribution >= 0.6 is 0 Å². The molecular formula is C26H32N6O2. The molecule has 3 heterocycles. The summed E-state index contributed by atoms with van der Waals surface area (Å²) in [4.78, 5) is 26.5. The molecule has 0 radical (unpaired) electrons. The van der Waals surface area contributed by atoms with Crippen LogP contribution in [0.15, 0.2) is 67.0 Å². The molecule has 3 aromatic rings. The van der Waals surface area contributed by atoms with E-state index >= 15 is 0 Å². The van der Waals surface area contributed by atoms with Gasteiger partial charge in [-0.1, -0.05) is 24.3 Å². The number of amides is 1. The van der Waals surface area contributed by atoms with E-state index in [1.165, 1.54) is 5.69 Å². The van der Waals surface area contributed by atoms with Gasteiger partial charge >= 0.3 is 0 Å². The Labute approximate surface area is 201 Å². The van der Waals surface area contributed by atoms with Gasteiger partial charge in [-0.25, -0.2) is 4.98 Å². The van der Waals surface area contributed by atoms with Gasteiger partial charge in [0.25, 0.3) is 0 Å². The number of benzene rings is 2. The van der Waals surface area contributed by atoms with Gasteiger partial charge in [-0.2, -0.15) is 0 Å². The van der Waals surface area contributed by atoms with Crippen LogP contribution in [0.25, 0.3) is 5.69 Å². The highest BCUT2D eigenvalue weighted by atomic mass is 16.5. The summed E-state index contributed by atoms with van der Waals surface area (Å²) in [5.74, 6) is 1.99. The third-order valence-electron chi connectivity index (χ3n) is 6.72. The second-order valence-electron chi connectivity index (χ2n) is 8.77. The summed E-state index contributed by atoms with van der Waals surface area (Å²) < 4.78 is 7.47. The lowest BCUT2D eigenvalue weighted by molar-refractivity contribution is -0.132. The molecule has 2 aliphatic rings. The quantitative estimate of drug-likeness (QED) is 0.563. The maximum atomic E-state index is 12.9. The number of nitrogens with zero attached hydrogens (tertiary/aromatic N) is 6. The number of rotatable bonds is 6. The minimum absolute atomic E-state index is 0.235. The predicted molar refractivity (Wildman–Crippen MR) is 134 cm³/mol. The van der Waals surface area contributed by atoms with E-state index in [9.17, 15) is 4.79 Å². The minimum Gasteiger partial charge on any atom is -0.497 e. The van der Waals surface area contributed by atoms with E-state index in [-0.39, 0.29) is 5.91 Å². The zero-order chi connectivity index (χ0) is 23.3. The molecule has 0 bridgehead atoms. The fourth-order valence-electron chi connectivity index (χ4n) is 4.74. The van der Waals surface area contributed by atoms with Crippen molar-refractivity contribution < 1.29 is 9.53 Å². The summed E-state index contributed by atoms with van der Waals surface area (Å²) in [6.07, 6.45) is 3.81. The van der Waals surface area contributed by atoms with Crippen LogP contribution in [0.1, 0.15) is 0 Å². The van der Waals surface area contributed by atoms with E-state index in [0.717, 1.165) is 69.7 Å². The normalized spacial score (nSPS) is 17.1. The first-order valence-electron chi connectivity index (χ1n) is 11.9. The van der Waals surface area contributed by atoms with Crippen LogP contribution in [0.2, 0.25) is 0 Å². The number of hydrogen-bond donors (Lipinski definition) is 0. The lowest BCUT2D eigenvalue weighted by Gasteiger charge is -2.39. The molecule has 0 atom stereocenters. The number of aromatic nitrogens is 2. The Morgan fingerprint density at radius 2 is 1.56 bits per heavy atom. The first-order valence-corrected chi connectivity index (χ1v) is 11.9. The van der Waals surface area contributed by atoms with E-state index in [0.29, 0.717) is 6.54 Å². The maximum absolute atomic E-state index is 12.9. The van der Waals surface area contributed by atoms with Crippen molar-refractivity contribution in [2.75, 3.05) is 75.8 Å². The van der Waals surface area contributed by atoms with Crippen LogP contribution in [-0.4, -0.2) is 91.3 Å². The third-order valence-corrected chi connectivity index (χ3v) is 6.72. The molecule has 0 spiro atoms. The molecule has 2 saturated heterocycles. The molecule has 5 rings (SSSR count). The Morgan fingerprint density at radius 1 is 0.853 bits per heavy atom. The molecule has 0 saturated carbocycles. The van der Waals surface area contributed by atoms with E-state index in [2.05, 4.69) is 54.6 Å². The lowest BCUT2D eigenvalue weighted by Crippen LogP contribution is -2.54. The van der Waals surface area contributed by atoms with Crippen molar-refractivity contribution in [3.8, 4) is 11.4 Å². The zero-order valence-electron chi connectivity index (χ0n) is 19.7. The van der Waals surface area contributed by atoms with E-state index in [1.54, 1.807) is 7.11 Å². The smallest absolute Gasteiger partial charge is 0.236 e. The Bertz CT molecular complexity index is 1090. The number of anilines is 2. The largest absolute Gasteiger partial charge is 0.497 e. The first-order chi connectivity index (χ1) is 16.7. The Morgan fingerprint density at radius 3 is 2.29 bits per heavy atom. The first kappa shape index (κ1) is 22.3. The van der Waals surface area contributed by atoms with Gasteiger partial charge in [-0.15, -0.1) is 0 Å². The highest BCUT2D eigenvalue weighted by molar-refractivity contribution is 5.78. The van der Waals surface area contributed by atoms with Crippen LogP contribution in [0, 0.1) is 0 Å². The van der Waals surface area contributed by atoms with Crippen molar-refractivity contribution >= 4 is 17.5 Å². The molecule has 34 heavy (non-hydrogen) atoms. The van der Waals surface area contributed by atoms with Crippen molar-refractivity contribution in [2.24, 2.45) is 0 Å². The summed E-state index contributed by atoms with van der Waals surface area (Å²) in [6, 6.07) is 18.4. The van der Waals surface area contributed by atoms with Crippen LogP contribution in [-0.2, 0) is 4.79 Å². The number of para-hydroxylation sites is 1. The predicted octanol–water partition coefficient (Wildman–Crippen LogP) is 2.35. The summed E-state index contributed by atoms with van der Waals surface area (Å²) in [5, 5.41) is 0. The highest BCUT2D eigenvalue weighted by Crippen LogP contribution is 2.23. The summed E-state index contributed by atoms with van der Waals surface area (Å²) in [7, 11) is 1.68. The van der Waals surface area contributed by atoms with Gasteiger partial charge in [-0.05, 0) is 24.3 Å². The number of imidazole rings is 1. The molecule has 0 aliphatic carbocycles. The average molecular weight is 461 g/mol. The van der Waals surface area contributed by atoms with Crippen molar-refractivity contribution in [1.29, 1.82) is 0 Å². The number of ether oxygens (including phenoxy) is 1. The number of carbonyl (C=O) groups excluding carboxylic acids is 1. The van der Waals surface area contributed by atoms with Gasteiger partial charge in [-0.3, -0.25) is 14.3 Å². The molecule has 2 fully saturated rings. The third kappa shape index (κ3) is 4.87. The van der Waals surface area contributed by atoms with E-state index in [4.69, 9.17) is 4.74 Å². The molecule has 2 aromatic carbocycles. The molecule has 1 amide bonds. The number of piperazine rings is 2. The van der Waals surface area contributed by atoms with Crippen LogP contribution in [0.3, 0.4) is 0 Å². The topological polar surface area (TPSA) is 57.1 Å². The summed E-state index contributed by atoms with van der Waals surface area (Å²) in [6.45, 7) is 7.21. The van der Waals surface area contributed by atoms with E-state index < -0.39 is 0 Å². The van der Waals surface area contributed by atoms with Gasteiger partial charge in [0.05, 0.1) is 19.3 Å². The Balaban J connectivity index is 1.13. The van der Waals surface area contributed by atoms with Gasteiger partial charge in [0.15, 0.2) is 0 Å². The minimum atomic E-state index is 0.235.